The number of aliphatic hydroxyl groups is 1. The van der Waals surface area contributed by atoms with E-state index >= 15 is 0 Å². The van der Waals surface area contributed by atoms with Gasteiger partial charge in [0.2, 0.25) is 0 Å². The molecule has 0 spiro atoms. The van der Waals surface area contributed by atoms with Gasteiger partial charge < -0.3 is 5.11 Å². The minimum atomic E-state index is -0.0237. The lowest BCUT2D eigenvalue weighted by Crippen LogP contribution is -2.21. The molecule has 130 valence electrons. The van der Waals surface area contributed by atoms with E-state index in [1.165, 1.54) is 70.6 Å². The average molecular weight is 317 g/mol. The first-order chi connectivity index (χ1) is 11.3. The van der Waals surface area contributed by atoms with Crippen molar-refractivity contribution in [3.63, 3.8) is 0 Å². The third kappa shape index (κ3) is 4.72. The summed E-state index contributed by atoms with van der Waals surface area (Å²) in [7, 11) is 0. The summed E-state index contributed by atoms with van der Waals surface area (Å²) in [6, 6.07) is 0. The van der Waals surface area contributed by atoms with Gasteiger partial charge in [-0.1, -0.05) is 49.5 Å². The van der Waals surface area contributed by atoms with E-state index in [2.05, 4.69) is 19.1 Å². The van der Waals surface area contributed by atoms with Crippen molar-refractivity contribution in [2.75, 3.05) is 0 Å². The van der Waals surface area contributed by atoms with Crippen LogP contribution in [0.4, 0.5) is 0 Å². The van der Waals surface area contributed by atoms with Gasteiger partial charge in [-0.05, 0) is 82.0 Å². The molecule has 0 heterocycles. The van der Waals surface area contributed by atoms with Gasteiger partial charge in [-0.3, -0.25) is 0 Å². The van der Waals surface area contributed by atoms with E-state index in [4.69, 9.17) is 0 Å². The monoisotopic (exact) mass is 316 g/mol. The van der Waals surface area contributed by atoms with Crippen molar-refractivity contribution in [3.05, 3.63) is 23.3 Å². The summed E-state index contributed by atoms with van der Waals surface area (Å²) in [5.74, 6) is 2.68. The van der Waals surface area contributed by atoms with Crippen molar-refractivity contribution in [2.24, 2.45) is 17.8 Å². The Hall–Kier alpha value is -0.560. The summed E-state index contributed by atoms with van der Waals surface area (Å²) in [5.41, 5.74) is 3.43. The maximum absolute atomic E-state index is 9.68. The topological polar surface area (TPSA) is 20.2 Å². The fraction of sp³-hybridized carbons (Fsp3) is 0.818. The Bertz CT molecular complexity index is 417. The molecule has 1 N–H and O–H groups in total. The molecule has 1 heteroatoms. The highest BCUT2D eigenvalue weighted by atomic mass is 16.3. The first-order valence-corrected chi connectivity index (χ1v) is 10.3. The van der Waals surface area contributed by atoms with Gasteiger partial charge in [0, 0.05) is 0 Å². The summed E-state index contributed by atoms with van der Waals surface area (Å²) < 4.78 is 0. The van der Waals surface area contributed by atoms with E-state index in [0.717, 1.165) is 30.6 Å². The van der Waals surface area contributed by atoms with Crippen LogP contribution >= 0.6 is 0 Å². The Balaban J connectivity index is 1.49. The van der Waals surface area contributed by atoms with Crippen LogP contribution in [0.2, 0.25) is 0 Å². The average Bonchev–Trinajstić information content (AvgIpc) is 2.61. The molecule has 23 heavy (non-hydrogen) atoms. The number of rotatable bonds is 5. The van der Waals surface area contributed by atoms with E-state index in [1.807, 2.05) is 0 Å². The molecule has 3 rings (SSSR count). The minimum Gasteiger partial charge on any atom is -0.393 e. The summed E-state index contributed by atoms with van der Waals surface area (Å²) in [5, 5.41) is 9.68. The highest BCUT2D eigenvalue weighted by molar-refractivity contribution is 5.27. The van der Waals surface area contributed by atoms with E-state index in [9.17, 15) is 5.11 Å². The van der Waals surface area contributed by atoms with E-state index in [0.29, 0.717) is 0 Å². The number of hydrogen-bond donors (Lipinski definition) is 1. The third-order valence-electron chi connectivity index (χ3n) is 6.77. The molecule has 0 aromatic carbocycles. The lowest BCUT2D eigenvalue weighted by Gasteiger charge is -2.33. The van der Waals surface area contributed by atoms with Gasteiger partial charge in [-0.2, -0.15) is 0 Å². The van der Waals surface area contributed by atoms with E-state index < -0.39 is 0 Å². The molecule has 1 nitrogen and oxygen atoms in total. The second-order valence-corrected chi connectivity index (χ2v) is 8.35. The fourth-order valence-electron chi connectivity index (χ4n) is 5.11. The van der Waals surface area contributed by atoms with Crippen molar-refractivity contribution >= 4 is 0 Å². The van der Waals surface area contributed by atoms with Crippen molar-refractivity contribution < 1.29 is 5.11 Å². The molecule has 0 unspecified atom stereocenters. The molecular formula is C22H36O. The number of hydrogen-bond acceptors (Lipinski definition) is 1. The Morgan fingerprint density at radius 3 is 1.83 bits per heavy atom. The number of allylic oxidation sites excluding steroid dienone is 4. The van der Waals surface area contributed by atoms with Crippen molar-refractivity contribution in [1.29, 1.82) is 0 Å². The zero-order valence-electron chi connectivity index (χ0n) is 15.1. The molecule has 0 aromatic heterocycles. The van der Waals surface area contributed by atoms with Gasteiger partial charge in [-0.15, -0.1) is 0 Å². The second-order valence-electron chi connectivity index (χ2n) is 8.35. The quantitative estimate of drug-likeness (QED) is 0.642. The highest BCUT2D eigenvalue weighted by Gasteiger charge is 2.27. The maximum Gasteiger partial charge on any atom is 0.0540 e. The Labute approximate surface area is 143 Å². The normalized spacial score (nSPS) is 35.6. The van der Waals surface area contributed by atoms with Crippen LogP contribution in [0.15, 0.2) is 23.3 Å². The zero-order valence-corrected chi connectivity index (χ0v) is 15.1. The molecule has 0 aliphatic heterocycles. The smallest absolute Gasteiger partial charge is 0.0540 e. The number of aliphatic hydroxyl groups excluding tert-OH is 1. The zero-order chi connectivity index (χ0) is 16.1. The number of unbranched alkanes of at least 4 members (excludes halogenated alkanes) is 1. The first kappa shape index (κ1) is 17.3. The van der Waals surface area contributed by atoms with Gasteiger partial charge >= 0.3 is 0 Å². The molecule has 0 aromatic rings. The van der Waals surface area contributed by atoms with Gasteiger partial charge in [-0.25, -0.2) is 0 Å². The molecule has 0 radical (unpaired) electrons. The Morgan fingerprint density at radius 1 is 0.826 bits per heavy atom. The third-order valence-corrected chi connectivity index (χ3v) is 6.77. The predicted molar refractivity (Wildman–Crippen MR) is 98.3 cm³/mol. The summed E-state index contributed by atoms with van der Waals surface area (Å²) in [4.78, 5) is 0. The molecule has 0 amide bonds. The summed E-state index contributed by atoms with van der Waals surface area (Å²) in [6.07, 6.45) is 22.1. The highest BCUT2D eigenvalue weighted by Crippen LogP contribution is 2.41. The van der Waals surface area contributed by atoms with Crippen LogP contribution < -0.4 is 0 Å². The molecule has 0 bridgehead atoms. The lowest BCUT2D eigenvalue weighted by atomic mass is 9.73. The van der Waals surface area contributed by atoms with Gasteiger partial charge in [0.05, 0.1) is 6.10 Å². The van der Waals surface area contributed by atoms with Crippen LogP contribution in [0.25, 0.3) is 0 Å². The largest absolute Gasteiger partial charge is 0.393 e. The van der Waals surface area contributed by atoms with E-state index in [-0.39, 0.29) is 6.10 Å². The van der Waals surface area contributed by atoms with Crippen LogP contribution in [0.5, 0.6) is 0 Å². The molecule has 3 aliphatic rings. The Morgan fingerprint density at radius 2 is 1.35 bits per heavy atom. The predicted octanol–water partition coefficient (Wildman–Crippen LogP) is 6.18. The minimum absolute atomic E-state index is 0.0237. The fourth-order valence-corrected chi connectivity index (χ4v) is 5.11. The van der Waals surface area contributed by atoms with Crippen LogP contribution in [0, 0.1) is 17.8 Å². The molecule has 3 aliphatic carbocycles. The standard InChI is InChI=1S/C22H36O/c1-2-3-4-17-5-7-18(8-6-17)19-9-11-20(12-10-19)21-13-15-22(23)16-14-21/h9,11,17-18,21-23H,2-8,10,12-16H2,1H3. The SMILES string of the molecule is CCCCC1CCC(C2=CC=C(C3CCC(O)CC3)CC2)CC1. The lowest BCUT2D eigenvalue weighted by molar-refractivity contribution is 0.115. The van der Waals surface area contributed by atoms with Crippen molar-refractivity contribution in [1.82, 2.24) is 0 Å². The van der Waals surface area contributed by atoms with Crippen molar-refractivity contribution in [2.45, 2.75) is 96.5 Å². The molecular weight excluding hydrogens is 280 g/mol. The van der Waals surface area contributed by atoms with Crippen molar-refractivity contribution in [3.8, 4) is 0 Å². The molecule has 2 fully saturated rings. The van der Waals surface area contributed by atoms with Crippen LogP contribution in [-0.4, -0.2) is 11.2 Å². The van der Waals surface area contributed by atoms with E-state index in [1.54, 1.807) is 11.1 Å². The van der Waals surface area contributed by atoms with Crippen LogP contribution in [0.3, 0.4) is 0 Å². The summed E-state index contributed by atoms with van der Waals surface area (Å²) in [6.45, 7) is 2.31. The van der Waals surface area contributed by atoms with Gasteiger partial charge in [0.25, 0.3) is 0 Å². The second kappa shape index (κ2) is 8.51. The first-order valence-electron chi connectivity index (χ1n) is 10.3. The van der Waals surface area contributed by atoms with Gasteiger partial charge in [0.1, 0.15) is 0 Å². The maximum atomic E-state index is 9.68. The molecule has 0 saturated heterocycles. The Kier molecular flexibility index (Phi) is 6.39. The summed E-state index contributed by atoms with van der Waals surface area (Å²) >= 11 is 0. The van der Waals surface area contributed by atoms with Gasteiger partial charge in [0.15, 0.2) is 0 Å². The molecule has 0 atom stereocenters. The van der Waals surface area contributed by atoms with Crippen LogP contribution in [0.1, 0.15) is 90.4 Å². The van der Waals surface area contributed by atoms with Crippen LogP contribution in [-0.2, 0) is 0 Å². The molecule has 2 saturated carbocycles.